The molecule has 2 aromatic rings. The molecule has 8 nitrogen and oxygen atoms in total. The first kappa shape index (κ1) is 15.7. The third kappa shape index (κ3) is 2.28. The van der Waals surface area contributed by atoms with Crippen LogP contribution in [0.2, 0.25) is 0 Å². The highest BCUT2D eigenvalue weighted by Crippen LogP contribution is 2.43. The van der Waals surface area contributed by atoms with Crippen LogP contribution in [0.25, 0.3) is 0 Å². The molecule has 24 heavy (non-hydrogen) atoms. The molecule has 2 aliphatic rings. The van der Waals surface area contributed by atoms with Gasteiger partial charge in [0, 0.05) is 26.7 Å². The first-order valence-corrected chi connectivity index (χ1v) is 9.96. The van der Waals surface area contributed by atoms with Gasteiger partial charge in [-0.1, -0.05) is 6.07 Å². The number of carbonyl (C=O) groups is 1. The molecule has 2 fully saturated rings. The third-order valence-corrected chi connectivity index (χ3v) is 8.14. The third-order valence-electron chi connectivity index (χ3n) is 4.76. The Balaban J connectivity index is 1.55. The molecule has 2 aliphatic heterocycles. The fraction of sp³-hybridized carbons (Fsp3) is 0.500. The fourth-order valence-electron chi connectivity index (χ4n) is 3.43. The maximum Gasteiger partial charge on any atom is 0.293 e. The molecule has 0 aromatic carbocycles. The molecular weight excluding hydrogens is 350 g/mol. The molecule has 1 spiro atoms. The second-order valence-electron chi connectivity index (χ2n) is 6.20. The van der Waals surface area contributed by atoms with Crippen molar-refractivity contribution in [3.8, 4) is 0 Å². The van der Waals surface area contributed by atoms with E-state index in [1.165, 1.54) is 22.3 Å². The van der Waals surface area contributed by atoms with Gasteiger partial charge in [0.1, 0.15) is 10.5 Å². The Morgan fingerprint density at radius 1 is 1.33 bits per heavy atom. The van der Waals surface area contributed by atoms with Gasteiger partial charge in [-0.2, -0.15) is 4.31 Å². The highest BCUT2D eigenvalue weighted by Gasteiger charge is 2.55. The Morgan fingerprint density at radius 3 is 2.71 bits per heavy atom. The predicted octanol–water partition coefficient (Wildman–Crippen LogP) is 0.556. The van der Waals surface area contributed by atoms with E-state index < -0.39 is 15.6 Å². The summed E-state index contributed by atoms with van der Waals surface area (Å²) in [4.78, 5) is 18.1. The van der Waals surface area contributed by atoms with Crippen molar-refractivity contribution in [2.24, 2.45) is 7.05 Å². The molecule has 2 aromatic heterocycles. The number of likely N-dealkylation sites (tertiary alicyclic amines) is 1. The van der Waals surface area contributed by atoms with Crippen molar-refractivity contribution in [3.05, 3.63) is 29.7 Å². The summed E-state index contributed by atoms with van der Waals surface area (Å²) in [6.45, 7) is 1.42. The second kappa shape index (κ2) is 5.36. The number of sulfonamides is 1. The maximum absolute atomic E-state index is 12.8. The van der Waals surface area contributed by atoms with Gasteiger partial charge >= 0.3 is 0 Å². The van der Waals surface area contributed by atoms with Crippen molar-refractivity contribution in [3.63, 3.8) is 0 Å². The summed E-state index contributed by atoms with van der Waals surface area (Å²) in [6.07, 6.45) is 2.91. The zero-order chi connectivity index (χ0) is 16.9. The molecule has 4 rings (SSSR count). The van der Waals surface area contributed by atoms with Crippen LogP contribution in [0.5, 0.6) is 0 Å². The van der Waals surface area contributed by atoms with E-state index in [0.717, 1.165) is 6.42 Å². The first-order valence-electron chi connectivity index (χ1n) is 7.64. The van der Waals surface area contributed by atoms with Gasteiger partial charge in [0.2, 0.25) is 5.82 Å². The van der Waals surface area contributed by atoms with E-state index in [2.05, 4.69) is 10.1 Å². The van der Waals surface area contributed by atoms with E-state index in [1.807, 2.05) is 0 Å². The van der Waals surface area contributed by atoms with E-state index in [1.54, 1.807) is 33.8 Å². The molecule has 2 saturated heterocycles. The highest BCUT2D eigenvalue weighted by atomic mass is 32.2. The Labute approximate surface area is 143 Å². The van der Waals surface area contributed by atoms with Gasteiger partial charge in [-0.3, -0.25) is 9.48 Å². The van der Waals surface area contributed by atoms with Crippen molar-refractivity contribution in [2.45, 2.75) is 22.6 Å². The minimum atomic E-state index is -3.48. The summed E-state index contributed by atoms with van der Waals surface area (Å²) in [5, 5.41) is 5.80. The molecule has 128 valence electrons. The standard InChI is InChI=1S/C14H17N5O3S2/c1-17-10-15-12(16-17)13(20)18-6-4-14(9-18)5-7-19(14)24(21,22)11-3-2-8-23-11/h2-3,8,10H,4-7,9H2,1H3. The molecule has 0 N–H and O–H groups in total. The summed E-state index contributed by atoms with van der Waals surface area (Å²) < 4.78 is 29.0. The molecule has 0 saturated carbocycles. The number of hydrogen-bond donors (Lipinski definition) is 0. The number of rotatable bonds is 3. The van der Waals surface area contributed by atoms with Gasteiger partial charge in [-0.15, -0.1) is 16.4 Å². The fourth-order valence-corrected chi connectivity index (χ4v) is 6.35. The van der Waals surface area contributed by atoms with Crippen LogP contribution >= 0.6 is 11.3 Å². The lowest BCUT2D eigenvalue weighted by atomic mass is 9.87. The van der Waals surface area contributed by atoms with Crippen LogP contribution in [0, 0.1) is 0 Å². The maximum atomic E-state index is 12.8. The lowest BCUT2D eigenvalue weighted by molar-refractivity contribution is 0.0617. The van der Waals surface area contributed by atoms with E-state index in [9.17, 15) is 13.2 Å². The minimum Gasteiger partial charge on any atom is -0.334 e. The number of amides is 1. The van der Waals surface area contributed by atoms with Crippen molar-refractivity contribution < 1.29 is 13.2 Å². The summed E-state index contributed by atoms with van der Waals surface area (Å²) >= 11 is 1.22. The van der Waals surface area contributed by atoms with Crippen LogP contribution in [0.15, 0.2) is 28.0 Å². The lowest BCUT2D eigenvalue weighted by Crippen LogP contribution is -2.63. The minimum absolute atomic E-state index is 0.154. The molecule has 1 unspecified atom stereocenters. The average Bonchev–Trinajstić information content (AvgIpc) is 3.26. The number of aromatic nitrogens is 3. The second-order valence-corrected chi connectivity index (χ2v) is 9.24. The average molecular weight is 367 g/mol. The van der Waals surface area contributed by atoms with E-state index in [4.69, 9.17) is 0 Å². The molecule has 0 bridgehead atoms. The molecule has 4 heterocycles. The Bertz CT molecular complexity index is 876. The van der Waals surface area contributed by atoms with E-state index >= 15 is 0 Å². The lowest BCUT2D eigenvalue weighted by Gasteiger charge is -2.48. The zero-order valence-electron chi connectivity index (χ0n) is 13.1. The van der Waals surface area contributed by atoms with Crippen LogP contribution in [-0.4, -0.2) is 63.5 Å². The highest BCUT2D eigenvalue weighted by molar-refractivity contribution is 7.91. The van der Waals surface area contributed by atoms with Crippen LogP contribution in [-0.2, 0) is 17.1 Å². The molecule has 10 heteroatoms. The van der Waals surface area contributed by atoms with Crippen molar-refractivity contribution in [1.82, 2.24) is 24.0 Å². The number of aryl methyl sites for hydroxylation is 1. The molecule has 1 atom stereocenters. The van der Waals surface area contributed by atoms with Gasteiger partial charge in [0.15, 0.2) is 0 Å². The molecule has 1 amide bonds. The van der Waals surface area contributed by atoms with Gasteiger partial charge < -0.3 is 4.90 Å². The van der Waals surface area contributed by atoms with Gasteiger partial charge in [0.25, 0.3) is 15.9 Å². The normalized spacial score (nSPS) is 24.5. The molecule has 0 aliphatic carbocycles. The number of nitrogens with zero attached hydrogens (tertiary/aromatic N) is 5. The topological polar surface area (TPSA) is 88.4 Å². The predicted molar refractivity (Wildman–Crippen MR) is 87.1 cm³/mol. The van der Waals surface area contributed by atoms with Gasteiger partial charge in [-0.25, -0.2) is 13.4 Å². The monoisotopic (exact) mass is 367 g/mol. The quantitative estimate of drug-likeness (QED) is 0.791. The first-order chi connectivity index (χ1) is 11.4. The van der Waals surface area contributed by atoms with Crippen LogP contribution in [0.1, 0.15) is 23.5 Å². The van der Waals surface area contributed by atoms with Crippen LogP contribution in [0.3, 0.4) is 0 Å². The summed E-state index contributed by atoms with van der Waals surface area (Å²) in [5.41, 5.74) is -0.479. The Kier molecular flexibility index (Phi) is 3.52. The zero-order valence-corrected chi connectivity index (χ0v) is 14.8. The number of hydrogen-bond acceptors (Lipinski definition) is 6. The molecule has 0 radical (unpaired) electrons. The van der Waals surface area contributed by atoms with Crippen LogP contribution < -0.4 is 0 Å². The largest absolute Gasteiger partial charge is 0.334 e. The van der Waals surface area contributed by atoms with Crippen LogP contribution in [0.4, 0.5) is 0 Å². The summed E-state index contributed by atoms with van der Waals surface area (Å²) in [6, 6.07) is 3.36. The smallest absolute Gasteiger partial charge is 0.293 e. The Hall–Kier alpha value is -1.78. The molecular formula is C14H17N5O3S2. The van der Waals surface area contributed by atoms with E-state index in [-0.39, 0.29) is 11.7 Å². The summed E-state index contributed by atoms with van der Waals surface area (Å²) in [5.74, 6) is -0.0885. The SMILES string of the molecule is Cn1cnc(C(=O)N2CCC3(CCN3S(=O)(=O)c3cccs3)C2)n1. The van der Waals surface area contributed by atoms with Crippen molar-refractivity contribution >= 4 is 27.3 Å². The number of carbonyl (C=O) groups excluding carboxylic acids is 1. The number of thiophene rings is 1. The van der Waals surface area contributed by atoms with Crippen molar-refractivity contribution in [2.75, 3.05) is 19.6 Å². The Morgan fingerprint density at radius 2 is 2.12 bits per heavy atom. The van der Waals surface area contributed by atoms with Crippen molar-refractivity contribution in [1.29, 1.82) is 0 Å². The summed E-state index contributed by atoms with van der Waals surface area (Å²) in [7, 11) is -1.78. The van der Waals surface area contributed by atoms with Gasteiger partial charge in [0.05, 0.1) is 5.54 Å². The van der Waals surface area contributed by atoms with Gasteiger partial charge in [-0.05, 0) is 24.3 Å². The van der Waals surface area contributed by atoms with E-state index in [0.29, 0.717) is 30.3 Å².